The van der Waals surface area contributed by atoms with Crippen molar-refractivity contribution in [2.75, 3.05) is 95.0 Å². The number of nitrogens with one attached hydrogen (secondary N) is 3. The number of carbonyl (C=O) groups excluding carboxylic acids is 5. The fourth-order valence-corrected chi connectivity index (χ4v) is 10.6. The number of allylic oxidation sites excluding steroid dienone is 1. The van der Waals surface area contributed by atoms with Crippen LogP contribution in [-0.2, 0) is 19.1 Å². The molecule has 18 nitrogen and oxygen atoms in total. The quantitative estimate of drug-likeness (QED) is 0.185. The summed E-state index contributed by atoms with van der Waals surface area (Å²) in [7, 11) is 0. The summed E-state index contributed by atoms with van der Waals surface area (Å²) in [6.07, 6.45) is 5.25. The third kappa shape index (κ3) is 8.94. The van der Waals surface area contributed by atoms with Gasteiger partial charge in [0.15, 0.2) is 0 Å². The maximum absolute atomic E-state index is 13.7. The Morgan fingerprint density at radius 3 is 2.31 bits per heavy atom. The number of para-hydroxylation sites is 1. The highest BCUT2D eigenvalue weighted by molar-refractivity contribution is 6.23. The van der Waals surface area contributed by atoms with Crippen molar-refractivity contribution in [1.29, 1.82) is 0 Å². The third-order valence-corrected chi connectivity index (χ3v) is 14.5. The number of phenolic OH excluding ortho intramolecular Hbond substituents is 1. The molecule has 5 saturated heterocycles. The molecule has 1 unspecified atom stereocenters. The van der Waals surface area contributed by atoms with E-state index >= 15 is 0 Å². The zero-order chi connectivity index (χ0) is 46.2. The Kier molecular flexibility index (Phi) is 12.2. The first kappa shape index (κ1) is 44.1. The van der Waals surface area contributed by atoms with E-state index in [-0.39, 0.29) is 47.1 Å². The van der Waals surface area contributed by atoms with Crippen LogP contribution in [0.2, 0.25) is 0 Å². The minimum atomic E-state index is -1.00. The number of piperidine rings is 3. The lowest BCUT2D eigenvalue weighted by Crippen LogP contribution is -2.57. The second-order valence-electron chi connectivity index (χ2n) is 18.5. The Labute approximate surface area is 389 Å². The largest absolute Gasteiger partial charge is 0.507 e. The molecule has 7 heterocycles. The Morgan fingerprint density at radius 2 is 1.54 bits per heavy atom. The van der Waals surface area contributed by atoms with E-state index in [0.29, 0.717) is 63.6 Å². The van der Waals surface area contributed by atoms with Gasteiger partial charge in [0.2, 0.25) is 17.7 Å². The van der Waals surface area contributed by atoms with Crippen molar-refractivity contribution in [2.45, 2.75) is 50.2 Å². The molecule has 0 radical (unpaired) electrons. The highest BCUT2D eigenvalue weighted by atomic mass is 16.5. The van der Waals surface area contributed by atoms with E-state index in [1.54, 1.807) is 24.3 Å². The number of rotatable bonds is 10. The van der Waals surface area contributed by atoms with Gasteiger partial charge in [0.05, 0.1) is 34.7 Å². The van der Waals surface area contributed by atoms with E-state index in [1.165, 1.54) is 0 Å². The minimum Gasteiger partial charge on any atom is -0.507 e. The SMILES string of the molecule is NC1=C(N2CCC3(CC2)CN(c2cccc(OCCN4CCN(C(=O)C5CCN(c6ccc7c(c6)C(=O)N(C6CCC(=O)NC6=O)C7=O)CC5)CC4)c2)CCO3)C=C(c2ccccc2O)NN1. The molecule has 67 heavy (non-hydrogen) atoms. The lowest BCUT2D eigenvalue weighted by atomic mass is 9.88. The number of nitrogens with zero attached hydrogens (tertiary/aromatic N) is 6. The van der Waals surface area contributed by atoms with Gasteiger partial charge >= 0.3 is 0 Å². The topological polar surface area (TPSA) is 206 Å². The van der Waals surface area contributed by atoms with Crippen LogP contribution in [0.3, 0.4) is 0 Å². The van der Waals surface area contributed by atoms with Gasteiger partial charge in [-0.25, -0.2) is 0 Å². The van der Waals surface area contributed by atoms with Gasteiger partial charge in [-0.2, -0.15) is 0 Å². The monoisotopic (exact) mass is 914 g/mol. The molecular weight excluding hydrogens is 857 g/mol. The minimum absolute atomic E-state index is 0.0713. The van der Waals surface area contributed by atoms with Crippen molar-refractivity contribution in [1.82, 2.24) is 35.8 Å². The average molecular weight is 915 g/mol. The molecule has 0 bridgehead atoms. The van der Waals surface area contributed by atoms with Gasteiger partial charge in [-0.15, -0.1) is 0 Å². The summed E-state index contributed by atoms with van der Waals surface area (Å²) in [6.45, 7) is 9.29. The predicted octanol–water partition coefficient (Wildman–Crippen LogP) is 2.18. The van der Waals surface area contributed by atoms with Crippen molar-refractivity contribution in [3.8, 4) is 11.5 Å². The number of hydrogen-bond acceptors (Lipinski definition) is 15. The van der Waals surface area contributed by atoms with E-state index < -0.39 is 29.7 Å². The molecule has 0 aliphatic carbocycles. The highest BCUT2D eigenvalue weighted by Gasteiger charge is 2.45. The summed E-state index contributed by atoms with van der Waals surface area (Å²) in [4.78, 5) is 76.5. The predicted molar refractivity (Wildman–Crippen MR) is 248 cm³/mol. The summed E-state index contributed by atoms with van der Waals surface area (Å²) < 4.78 is 12.8. The number of imide groups is 2. The van der Waals surface area contributed by atoms with Crippen molar-refractivity contribution in [3.63, 3.8) is 0 Å². The molecule has 6 N–H and O–H groups in total. The highest BCUT2D eigenvalue weighted by Crippen LogP contribution is 2.37. The van der Waals surface area contributed by atoms with E-state index in [0.717, 1.165) is 92.1 Å². The normalized spacial score (nSPS) is 22.7. The standard InChI is InChI=1S/C49H58N10O8/c50-44-41(30-39(52-53-44)37-6-1-2-7-42(37)60)56-18-14-49(15-19-56)31-58(25-27-67-49)33-4-3-5-35(28-33)66-26-24-54-20-22-57(23-21-54)46(63)32-12-16-55(17-13-32)34-8-9-36-38(29-34)48(65)59(47(36)64)40-10-11-43(61)51-45(40)62/h1-9,28-30,32,40,52-53,60H,10-27,31,50H2,(H,51,61,62). The number of amides is 5. The molecule has 18 heteroatoms. The molecule has 7 aliphatic heterocycles. The number of carbonyl (C=O) groups is 5. The first-order chi connectivity index (χ1) is 32.5. The number of benzene rings is 3. The fourth-order valence-electron chi connectivity index (χ4n) is 10.6. The van der Waals surface area contributed by atoms with E-state index in [9.17, 15) is 29.1 Å². The van der Waals surface area contributed by atoms with Gasteiger partial charge in [0.1, 0.15) is 30.0 Å². The number of fused-ring (bicyclic) bond motifs is 1. The van der Waals surface area contributed by atoms with Crippen LogP contribution < -0.4 is 36.4 Å². The second-order valence-corrected chi connectivity index (χ2v) is 18.5. The van der Waals surface area contributed by atoms with Crippen LogP contribution in [0.1, 0.15) is 64.8 Å². The van der Waals surface area contributed by atoms with Gasteiger partial charge in [-0.1, -0.05) is 18.2 Å². The Morgan fingerprint density at radius 1 is 0.776 bits per heavy atom. The molecule has 0 aromatic heterocycles. The lowest BCUT2D eigenvalue weighted by Gasteiger charge is -2.48. The lowest BCUT2D eigenvalue weighted by molar-refractivity contribution is -0.138. The van der Waals surface area contributed by atoms with Gasteiger partial charge < -0.3 is 39.9 Å². The Hall–Kier alpha value is -6.79. The van der Waals surface area contributed by atoms with Crippen LogP contribution in [-0.4, -0.2) is 151 Å². The number of piperazine rings is 1. The Bertz CT molecular complexity index is 2510. The molecule has 1 spiro atoms. The van der Waals surface area contributed by atoms with Crippen LogP contribution in [0.25, 0.3) is 5.70 Å². The molecule has 1 atom stereocenters. The van der Waals surface area contributed by atoms with Crippen molar-refractivity contribution >= 4 is 46.6 Å². The first-order valence-corrected chi connectivity index (χ1v) is 23.5. The molecule has 0 saturated carbocycles. The summed E-state index contributed by atoms with van der Waals surface area (Å²) in [6, 6.07) is 19.7. The number of nitrogens with two attached hydrogens (primary N) is 1. The van der Waals surface area contributed by atoms with E-state index in [2.05, 4.69) is 47.9 Å². The van der Waals surface area contributed by atoms with Gasteiger partial charge in [-0.05, 0) is 80.6 Å². The molecule has 352 valence electrons. The summed E-state index contributed by atoms with van der Waals surface area (Å²) >= 11 is 0. The molecular formula is C49H58N10O8. The number of ether oxygens (including phenoxy) is 2. The molecule has 5 fully saturated rings. The van der Waals surface area contributed by atoms with Gasteiger partial charge in [0.25, 0.3) is 11.8 Å². The zero-order valence-electron chi connectivity index (χ0n) is 37.6. The summed E-state index contributed by atoms with van der Waals surface area (Å²) in [5, 5.41) is 12.7. The first-order valence-electron chi connectivity index (χ1n) is 23.5. The fraction of sp³-hybridized carbons (Fsp3) is 0.449. The maximum Gasteiger partial charge on any atom is 0.262 e. The molecule has 10 rings (SSSR count). The van der Waals surface area contributed by atoms with E-state index in [4.69, 9.17) is 15.2 Å². The zero-order valence-corrected chi connectivity index (χ0v) is 37.6. The number of aromatic hydroxyl groups is 1. The van der Waals surface area contributed by atoms with Crippen LogP contribution in [0.4, 0.5) is 11.4 Å². The number of hydrazine groups is 1. The third-order valence-electron chi connectivity index (χ3n) is 14.5. The maximum atomic E-state index is 13.7. The van der Waals surface area contributed by atoms with Crippen molar-refractivity contribution in [3.05, 3.63) is 101 Å². The number of hydrogen-bond donors (Lipinski definition) is 5. The van der Waals surface area contributed by atoms with E-state index in [1.807, 2.05) is 41.3 Å². The molecule has 3 aromatic rings. The van der Waals surface area contributed by atoms with Gasteiger partial charge in [-0.3, -0.25) is 49.9 Å². The molecule has 7 aliphatic rings. The molecule has 3 aromatic carbocycles. The summed E-state index contributed by atoms with van der Waals surface area (Å²) in [5.41, 5.74) is 17.1. The second kappa shape index (κ2) is 18.5. The van der Waals surface area contributed by atoms with Gasteiger partial charge in [0, 0.05) is 107 Å². The summed E-state index contributed by atoms with van der Waals surface area (Å²) in [5.74, 6) is -0.401. The van der Waals surface area contributed by atoms with Crippen LogP contribution in [0.5, 0.6) is 11.5 Å². The average Bonchev–Trinajstić information content (AvgIpc) is 3.60. The van der Waals surface area contributed by atoms with Crippen molar-refractivity contribution in [2.24, 2.45) is 11.7 Å². The van der Waals surface area contributed by atoms with Crippen LogP contribution >= 0.6 is 0 Å². The van der Waals surface area contributed by atoms with Crippen molar-refractivity contribution < 1.29 is 38.6 Å². The Balaban J connectivity index is 0.657. The number of anilines is 2. The molecule has 5 amide bonds. The number of phenols is 1. The smallest absolute Gasteiger partial charge is 0.262 e. The van der Waals surface area contributed by atoms with Crippen LogP contribution in [0, 0.1) is 5.92 Å². The van der Waals surface area contributed by atoms with Crippen LogP contribution in [0.15, 0.2) is 84.3 Å². The number of morpholine rings is 1. The number of likely N-dealkylation sites (tertiary alicyclic amines) is 1.